The van der Waals surface area contributed by atoms with E-state index in [1.165, 1.54) is 0 Å². The van der Waals surface area contributed by atoms with Gasteiger partial charge in [-0.25, -0.2) is 4.98 Å². The summed E-state index contributed by atoms with van der Waals surface area (Å²) in [6.45, 7) is 2.33. The molecule has 1 aromatic heterocycles. The van der Waals surface area contributed by atoms with Crippen molar-refractivity contribution >= 4 is 16.6 Å². The van der Waals surface area contributed by atoms with Crippen LogP contribution in [-0.2, 0) is 0 Å². The van der Waals surface area contributed by atoms with Crippen LogP contribution in [0.3, 0.4) is 0 Å². The van der Waals surface area contributed by atoms with E-state index in [9.17, 15) is 5.26 Å². The number of ether oxygens (including phenoxy) is 2. The average Bonchev–Trinajstić information content (AvgIpc) is 3.09. The van der Waals surface area contributed by atoms with Crippen LogP contribution in [0.15, 0.2) is 48.5 Å². The first-order chi connectivity index (χ1) is 11.7. The molecule has 1 unspecified atom stereocenters. The molecule has 24 heavy (non-hydrogen) atoms. The molecule has 1 atom stereocenters. The average molecular weight is 317 g/mol. The fourth-order valence-electron chi connectivity index (χ4n) is 2.85. The van der Waals surface area contributed by atoms with E-state index in [0.717, 1.165) is 33.7 Å². The van der Waals surface area contributed by atoms with E-state index >= 15 is 0 Å². The number of hydrogen-bond acceptors (Lipinski definition) is 5. The largest absolute Gasteiger partial charge is 0.454 e. The number of benzene rings is 2. The van der Waals surface area contributed by atoms with Crippen molar-refractivity contribution in [3.8, 4) is 17.6 Å². The van der Waals surface area contributed by atoms with Gasteiger partial charge in [-0.3, -0.25) is 0 Å². The summed E-state index contributed by atoms with van der Waals surface area (Å²) in [5.41, 5.74) is 3.17. The molecule has 3 aromatic rings. The second-order valence-corrected chi connectivity index (χ2v) is 5.66. The van der Waals surface area contributed by atoms with Gasteiger partial charge in [0.25, 0.3) is 0 Å². The van der Waals surface area contributed by atoms with Gasteiger partial charge in [0, 0.05) is 17.1 Å². The third-order valence-corrected chi connectivity index (χ3v) is 4.10. The minimum absolute atomic E-state index is 0.0387. The number of nitrogens with zero attached hydrogens (tertiary/aromatic N) is 2. The first-order valence-corrected chi connectivity index (χ1v) is 7.70. The SMILES string of the molecule is CC(Nc1cc(C#N)nc2ccccc12)c1ccc2c(c1)OCO2. The van der Waals surface area contributed by atoms with Gasteiger partial charge in [0.1, 0.15) is 11.8 Å². The van der Waals surface area contributed by atoms with Crippen LogP contribution in [0.1, 0.15) is 24.2 Å². The van der Waals surface area contributed by atoms with Crippen LogP contribution < -0.4 is 14.8 Å². The maximum Gasteiger partial charge on any atom is 0.231 e. The van der Waals surface area contributed by atoms with Crippen molar-refractivity contribution in [2.45, 2.75) is 13.0 Å². The van der Waals surface area contributed by atoms with Gasteiger partial charge in [0.15, 0.2) is 11.5 Å². The predicted molar refractivity (Wildman–Crippen MR) is 91.1 cm³/mol. The van der Waals surface area contributed by atoms with E-state index < -0.39 is 0 Å². The number of anilines is 1. The van der Waals surface area contributed by atoms with Gasteiger partial charge >= 0.3 is 0 Å². The van der Waals surface area contributed by atoms with Crippen molar-refractivity contribution in [3.63, 3.8) is 0 Å². The molecule has 118 valence electrons. The van der Waals surface area contributed by atoms with Crippen LogP contribution >= 0.6 is 0 Å². The van der Waals surface area contributed by atoms with Crippen molar-refractivity contribution in [3.05, 3.63) is 59.8 Å². The monoisotopic (exact) mass is 317 g/mol. The maximum atomic E-state index is 9.21. The number of para-hydroxylation sites is 1. The lowest BCUT2D eigenvalue weighted by Crippen LogP contribution is -2.07. The molecule has 0 saturated heterocycles. The first kappa shape index (κ1) is 14.3. The smallest absolute Gasteiger partial charge is 0.231 e. The highest BCUT2D eigenvalue weighted by atomic mass is 16.7. The molecule has 0 saturated carbocycles. The number of rotatable bonds is 3. The van der Waals surface area contributed by atoms with Gasteiger partial charge in [0.2, 0.25) is 6.79 Å². The van der Waals surface area contributed by atoms with E-state index in [2.05, 4.69) is 23.3 Å². The zero-order chi connectivity index (χ0) is 16.5. The fraction of sp³-hybridized carbons (Fsp3) is 0.158. The molecule has 0 radical (unpaired) electrons. The zero-order valence-corrected chi connectivity index (χ0v) is 13.1. The summed E-state index contributed by atoms with van der Waals surface area (Å²) in [4.78, 5) is 4.34. The molecular weight excluding hydrogens is 302 g/mol. The number of nitriles is 1. The van der Waals surface area contributed by atoms with Crippen LogP contribution in [-0.4, -0.2) is 11.8 Å². The quantitative estimate of drug-likeness (QED) is 0.790. The first-order valence-electron chi connectivity index (χ1n) is 7.70. The Labute approximate surface area is 139 Å². The Hall–Kier alpha value is -3.26. The zero-order valence-electron chi connectivity index (χ0n) is 13.1. The van der Waals surface area contributed by atoms with Crippen molar-refractivity contribution < 1.29 is 9.47 Å². The number of fused-ring (bicyclic) bond motifs is 2. The van der Waals surface area contributed by atoms with E-state index in [4.69, 9.17) is 9.47 Å². The number of nitrogens with one attached hydrogen (secondary N) is 1. The predicted octanol–water partition coefficient (Wildman–Crippen LogP) is 4.01. The Morgan fingerprint density at radius 1 is 1.12 bits per heavy atom. The Morgan fingerprint density at radius 3 is 2.83 bits per heavy atom. The summed E-state index contributed by atoms with van der Waals surface area (Å²) in [6.07, 6.45) is 0. The van der Waals surface area contributed by atoms with Crippen molar-refractivity contribution in [2.75, 3.05) is 12.1 Å². The molecule has 0 bridgehead atoms. The molecule has 2 heterocycles. The topological polar surface area (TPSA) is 67.2 Å². The van der Waals surface area contributed by atoms with Gasteiger partial charge < -0.3 is 14.8 Å². The van der Waals surface area contributed by atoms with Crippen LogP contribution in [0, 0.1) is 11.3 Å². The maximum absolute atomic E-state index is 9.21. The highest BCUT2D eigenvalue weighted by Crippen LogP contribution is 2.35. The molecule has 5 heteroatoms. The van der Waals surface area contributed by atoms with Gasteiger partial charge in [-0.05, 0) is 36.8 Å². The van der Waals surface area contributed by atoms with Crippen LogP contribution in [0.25, 0.3) is 10.9 Å². The van der Waals surface area contributed by atoms with E-state index in [1.54, 1.807) is 6.07 Å². The molecule has 2 aromatic carbocycles. The van der Waals surface area contributed by atoms with Crippen molar-refractivity contribution in [1.82, 2.24) is 4.98 Å². The third-order valence-electron chi connectivity index (χ3n) is 4.10. The van der Waals surface area contributed by atoms with Crippen LogP contribution in [0.5, 0.6) is 11.5 Å². The summed E-state index contributed by atoms with van der Waals surface area (Å²) >= 11 is 0. The standard InChI is InChI=1S/C19H15N3O2/c1-12(13-6-7-18-19(8-13)24-11-23-18)21-17-9-14(10-20)22-16-5-3-2-4-15(16)17/h2-9,12H,11H2,1H3,(H,21,22). The normalized spacial score (nSPS) is 13.5. The van der Waals surface area contributed by atoms with Crippen molar-refractivity contribution in [1.29, 1.82) is 5.26 Å². The Bertz CT molecular complexity index is 962. The van der Waals surface area contributed by atoms with E-state index in [0.29, 0.717) is 5.69 Å². The minimum Gasteiger partial charge on any atom is -0.454 e. The molecule has 4 rings (SSSR count). The molecule has 1 aliphatic heterocycles. The fourth-order valence-corrected chi connectivity index (χ4v) is 2.85. The number of aromatic nitrogens is 1. The lowest BCUT2D eigenvalue weighted by Gasteiger charge is -2.18. The third kappa shape index (κ3) is 2.48. The van der Waals surface area contributed by atoms with Gasteiger partial charge in [-0.15, -0.1) is 0 Å². The molecule has 0 spiro atoms. The van der Waals surface area contributed by atoms with Crippen molar-refractivity contribution in [2.24, 2.45) is 0 Å². The van der Waals surface area contributed by atoms with Gasteiger partial charge in [-0.2, -0.15) is 5.26 Å². The summed E-state index contributed by atoms with van der Waals surface area (Å²) in [7, 11) is 0. The lowest BCUT2D eigenvalue weighted by molar-refractivity contribution is 0.174. The lowest BCUT2D eigenvalue weighted by atomic mass is 10.1. The minimum atomic E-state index is 0.0387. The summed E-state index contributed by atoms with van der Waals surface area (Å²) in [6, 6.07) is 17.6. The van der Waals surface area contributed by atoms with E-state index in [-0.39, 0.29) is 12.8 Å². The van der Waals surface area contributed by atoms with Crippen LogP contribution in [0.4, 0.5) is 5.69 Å². The van der Waals surface area contributed by atoms with Gasteiger partial charge in [-0.1, -0.05) is 24.3 Å². The number of hydrogen-bond donors (Lipinski definition) is 1. The molecule has 0 amide bonds. The summed E-state index contributed by atoms with van der Waals surface area (Å²) < 4.78 is 10.8. The highest BCUT2D eigenvalue weighted by Gasteiger charge is 2.16. The molecule has 0 aliphatic carbocycles. The second kappa shape index (κ2) is 5.74. The number of pyridine rings is 1. The Kier molecular flexibility index (Phi) is 3.43. The highest BCUT2D eigenvalue weighted by molar-refractivity contribution is 5.92. The molecule has 1 aliphatic rings. The van der Waals surface area contributed by atoms with Crippen LogP contribution in [0.2, 0.25) is 0 Å². The summed E-state index contributed by atoms with van der Waals surface area (Å²) in [5.74, 6) is 1.53. The molecule has 0 fully saturated rings. The molecular formula is C19H15N3O2. The second-order valence-electron chi connectivity index (χ2n) is 5.66. The molecule has 1 N–H and O–H groups in total. The van der Waals surface area contributed by atoms with Gasteiger partial charge in [0.05, 0.1) is 5.52 Å². The van der Waals surface area contributed by atoms with E-state index in [1.807, 2.05) is 42.5 Å². The Balaban J connectivity index is 1.70. The Morgan fingerprint density at radius 2 is 1.96 bits per heavy atom. The molecule has 5 nitrogen and oxygen atoms in total. The summed E-state index contributed by atoms with van der Waals surface area (Å²) in [5, 5.41) is 13.7.